The molecule has 1 aromatic carbocycles. The second kappa shape index (κ2) is 6.11. The van der Waals surface area contributed by atoms with Gasteiger partial charge >= 0.3 is 0 Å². The second-order valence-corrected chi connectivity index (χ2v) is 4.72. The smallest absolute Gasteiger partial charge is 0.126 e. The molecule has 0 spiro atoms. The lowest BCUT2D eigenvalue weighted by Crippen LogP contribution is -2.15. The number of nitrogens with two attached hydrogens (primary N) is 1. The Morgan fingerprint density at radius 3 is 2.12 bits per heavy atom. The molecule has 1 atom stereocenters. The summed E-state index contributed by atoms with van der Waals surface area (Å²) in [6.45, 7) is 2.00. The van der Waals surface area contributed by atoms with Gasteiger partial charge in [-0.05, 0) is 31.9 Å². The van der Waals surface area contributed by atoms with Gasteiger partial charge in [0, 0.05) is 16.1 Å². The number of rotatable bonds is 5. The highest BCUT2D eigenvalue weighted by Gasteiger charge is 2.12. The molecule has 0 saturated carbocycles. The number of hydrogen-bond donors (Lipinski definition) is 1. The summed E-state index contributed by atoms with van der Waals surface area (Å²) in [6.07, 6.45) is 1.77. The van der Waals surface area contributed by atoms with Gasteiger partial charge in [0.25, 0.3) is 0 Å². The van der Waals surface area contributed by atoms with Crippen molar-refractivity contribution in [2.75, 3.05) is 14.2 Å². The fourth-order valence-electron chi connectivity index (χ4n) is 1.57. The topological polar surface area (TPSA) is 44.5 Å². The molecular weight excluding hydrogens is 270 g/mol. The predicted molar refractivity (Wildman–Crippen MR) is 69.2 cm³/mol. The molecule has 90 valence electrons. The Balaban J connectivity index is 3.02. The number of halogens is 1. The first-order valence-corrected chi connectivity index (χ1v) is 6.03. The SMILES string of the molecule is COc1cc(Br)cc(OC)c1CCC(C)N. The van der Waals surface area contributed by atoms with Gasteiger partial charge in [0.05, 0.1) is 14.2 Å². The Bertz CT molecular complexity index is 328. The Morgan fingerprint density at radius 1 is 1.25 bits per heavy atom. The van der Waals surface area contributed by atoms with E-state index >= 15 is 0 Å². The van der Waals surface area contributed by atoms with Crippen LogP contribution in [0.1, 0.15) is 18.9 Å². The van der Waals surface area contributed by atoms with Gasteiger partial charge in [-0.2, -0.15) is 0 Å². The summed E-state index contributed by atoms with van der Waals surface area (Å²) in [6, 6.07) is 4.07. The van der Waals surface area contributed by atoms with Gasteiger partial charge in [0.15, 0.2) is 0 Å². The largest absolute Gasteiger partial charge is 0.496 e. The van der Waals surface area contributed by atoms with Crippen LogP contribution < -0.4 is 15.2 Å². The van der Waals surface area contributed by atoms with Crippen molar-refractivity contribution in [3.05, 3.63) is 22.2 Å². The summed E-state index contributed by atoms with van der Waals surface area (Å²) in [4.78, 5) is 0. The molecule has 2 N–H and O–H groups in total. The summed E-state index contributed by atoms with van der Waals surface area (Å²) in [5, 5.41) is 0. The molecular formula is C12H18BrNO2. The Hall–Kier alpha value is -0.740. The molecule has 3 nitrogen and oxygen atoms in total. The molecule has 0 aliphatic rings. The zero-order chi connectivity index (χ0) is 12.1. The van der Waals surface area contributed by atoms with Gasteiger partial charge in [0.1, 0.15) is 11.5 Å². The Morgan fingerprint density at radius 2 is 1.75 bits per heavy atom. The van der Waals surface area contributed by atoms with Crippen LogP contribution in [-0.4, -0.2) is 20.3 Å². The lowest BCUT2D eigenvalue weighted by Gasteiger charge is -2.14. The minimum Gasteiger partial charge on any atom is -0.496 e. The van der Waals surface area contributed by atoms with Crippen molar-refractivity contribution in [2.24, 2.45) is 5.73 Å². The van der Waals surface area contributed by atoms with E-state index in [1.54, 1.807) is 14.2 Å². The molecule has 1 unspecified atom stereocenters. The minimum atomic E-state index is 0.179. The first kappa shape index (κ1) is 13.3. The van der Waals surface area contributed by atoms with Crippen molar-refractivity contribution in [1.82, 2.24) is 0 Å². The van der Waals surface area contributed by atoms with Crippen LogP contribution in [0.15, 0.2) is 16.6 Å². The third kappa shape index (κ3) is 3.39. The normalized spacial score (nSPS) is 12.3. The van der Waals surface area contributed by atoms with Crippen LogP contribution in [0.5, 0.6) is 11.5 Å². The van der Waals surface area contributed by atoms with Crippen molar-refractivity contribution >= 4 is 15.9 Å². The van der Waals surface area contributed by atoms with Crippen molar-refractivity contribution in [2.45, 2.75) is 25.8 Å². The van der Waals surface area contributed by atoms with Crippen molar-refractivity contribution in [1.29, 1.82) is 0 Å². The minimum absolute atomic E-state index is 0.179. The van der Waals surface area contributed by atoms with Gasteiger partial charge in [-0.25, -0.2) is 0 Å². The first-order chi connectivity index (χ1) is 7.58. The Labute approximate surface area is 105 Å². The van der Waals surface area contributed by atoms with Crippen molar-refractivity contribution in [3.63, 3.8) is 0 Å². The third-order valence-electron chi connectivity index (χ3n) is 2.42. The van der Waals surface area contributed by atoms with Gasteiger partial charge < -0.3 is 15.2 Å². The van der Waals surface area contributed by atoms with E-state index in [2.05, 4.69) is 15.9 Å². The number of methoxy groups -OCH3 is 2. The van der Waals surface area contributed by atoms with Crippen molar-refractivity contribution < 1.29 is 9.47 Å². The summed E-state index contributed by atoms with van der Waals surface area (Å²) in [7, 11) is 3.33. The molecule has 0 aliphatic heterocycles. The first-order valence-electron chi connectivity index (χ1n) is 5.24. The highest BCUT2D eigenvalue weighted by Crippen LogP contribution is 2.33. The van der Waals surface area contributed by atoms with E-state index in [9.17, 15) is 0 Å². The summed E-state index contributed by atoms with van der Waals surface area (Å²) < 4.78 is 11.7. The van der Waals surface area contributed by atoms with Gasteiger partial charge in [-0.15, -0.1) is 0 Å². The second-order valence-electron chi connectivity index (χ2n) is 3.80. The average molecular weight is 288 g/mol. The molecule has 1 rings (SSSR count). The lowest BCUT2D eigenvalue weighted by molar-refractivity contribution is 0.383. The molecule has 4 heteroatoms. The maximum atomic E-state index is 5.76. The fraction of sp³-hybridized carbons (Fsp3) is 0.500. The number of benzene rings is 1. The third-order valence-corrected chi connectivity index (χ3v) is 2.88. The van der Waals surface area contributed by atoms with E-state index in [1.165, 1.54) is 0 Å². The summed E-state index contributed by atoms with van der Waals surface area (Å²) in [5.74, 6) is 1.68. The van der Waals surface area contributed by atoms with E-state index in [0.717, 1.165) is 34.4 Å². The maximum Gasteiger partial charge on any atom is 0.126 e. The van der Waals surface area contributed by atoms with E-state index in [0.29, 0.717) is 0 Å². The average Bonchev–Trinajstić information content (AvgIpc) is 2.25. The molecule has 0 fully saturated rings. The van der Waals surface area contributed by atoms with Crippen LogP contribution in [-0.2, 0) is 6.42 Å². The van der Waals surface area contributed by atoms with Crippen LogP contribution in [0.3, 0.4) is 0 Å². The predicted octanol–water partition coefficient (Wildman–Crippen LogP) is 2.75. The molecule has 0 amide bonds. The monoisotopic (exact) mass is 287 g/mol. The highest BCUT2D eigenvalue weighted by molar-refractivity contribution is 9.10. The number of hydrogen-bond acceptors (Lipinski definition) is 3. The van der Waals surface area contributed by atoms with E-state index in [4.69, 9.17) is 15.2 Å². The van der Waals surface area contributed by atoms with Crippen LogP contribution in [0.2, 0.25) is 0 Å². The zero-order valence-corrected chi connectivity index (χ0v) is 11.5. The standard InChI is InChI=1S/C12H18BrNO2/c1-8(14)4-5-10-11(15-2)6-9(13)7-12(10)16-3/h6-8H,4-5,14H2,1-3H3. The summed E-state index contributed by atoms with van der Waals surface area (Å²) >= 11 is 3.42. The van der Waals surface area contributed by atoms with Crippen LogP contribution >= 0.6 is 15.9 Å². The molecule has 0 aromatic heterocycles. The molecule has 0 saturated heterocycles. The zero-order valence-electron chi connectivity index (χ0n) is 9.92. The molecule has 0 radical (unpaired) electrons. The highest BCUT2D eigenvalue weighted by atomic mass is 79.9. The fourth-order valence-corrected chi connectivity index (χ4v) is 1.99. The summed E-state index contributed by atoms with van der Waals surface area (Å²) in [5.41, 5.74) is 6.84. The van der Waals surface area contributed by atoms with E-state index in [1.807, 2.05) is 19.1 Å². The quantitative estimate of drug-likeness (QED) is 0.906. The van der Waals surface area contributed by atoms with Gasteiger partial charge in [0.2, 0.25) is 0 Å². The Kier molecular flexibility index (Phi) is 5.09. The lowest BCUT2D eigenvalue weighted by atomic mass is 10.0. The maximum absolute atomic E-state index is 5.76. The van der Waals surface area contributed by atoms with E-state index in [-0.39, 0.29) is 6.04 Å². The molecule has 16 heavy (non-hydrogen) atoms. The van der Waals surface area contributed by atoms with Crippen LogP contribution in [0, 0.1) is 0 Å². The van der Waals surface area contributed by atoms with Gasteiger partial charge in [-0.3, -0.25) is 0 Å². The number of ether oxygens (including phenoxy) is 2. The molecule has 0 bridgehead atoms. The van der Waals surface area contributed by atoms with Crippen LogP contribution in [0.25, 0.3) is 0 Å². The molecule has 1 aromatic rings. The molecule has 0 heterocycles. The van der Waals surface area contributed by atoms with Crippen LogP contribution in [0.4, 0.5) is 0 Å². The van der Waals surface area contributed by atoms with E-state index < -0.39 is 0 Å². The van der Waals surface area contributed by atoms with Crippen molar-refractivity contribution in [3.8, 4) is 11.5 Å². The molecule has 0 aliphatic carbocycles. The van der Waals surface area contributed by atoms with Gasteiger partial charge in [-0.1, -0.05) is 15.9 Å².